The molecule has 0 bridgehead atoms. The van der Waals surface area contributed by atoms with Crippen molar-refractivity contribution >= 4 is 16.9 Å². The standard InChI is InChI=1S/C14H14N6O/c1-10(17-14(21)12-8-15-6-7-16-12)9-20-13-5-3-2-4-11(13)18-19-20/h2-8,10H,9H2,1H3,(H,17,21)/t10-/m0/s1. The van der Waals surface area contributed by atoms with E-state index in [1.54, 1.807) is 4.68 Å². The minimum Gasteiger partial charge on any atom is -0.346 e. The fraction of sp³-hybridized carbons (Fsp3) is 0.214. The number of rotatable bonds is 4. The van der Waals surface area contributed by atoms with Crippen LogP contribution in [0.25, 0.3) is 11.0 Å². The highest BCUT2D eigenvalue weighted by Gasteiger charge is 2.13. The van der Waals surface area contributed by atoms with Gasteiger partial charge in [-0.05, 0) is 19.1 Å². The number of aromatic nitrogens is 5. The number of amides is 1. The summed E-state index contributed by atoms with van der Waals surface area (Å²) in [6.45, 7) is 2.44. The summed E-state index contributed by atoms with van der Waals surface area (Å²) in [7, 11) is 0. The molecular weight excluding hydrogens is 268 g/mol. The van der Waals surface area contributed by atoms with Gasteiger partial charge >= 0.3 is 0 Å². The van der Waals surface area contributed by atoms with E-state index in [1.807, 2.05) is 31.2 Å². The highest BCUT2D eigenvalue weighted by molar-refractivity contribution is 5.92. The van der Waals surface area contributed by atoms with E-state index in [0.717, 1.165) is 11.0 Å². The maximum atomic E-state index is 12.0. The molecule has 0 spiro atoms. The van der Waals surface area contributed by atoms with Crippen molar-refractivity contribution in [1.82, 2.24) is 30.3 Å². The third kappa shape index (κ3) is 2.86. The zero-order valence-electron chi connectivity index (χ0n) is 11.5. The van der Waals surface area contributed by atoms with Gasteiger partial charge in [0.1, 0.15) is 11.2 Å². The predicted octanol–water partition coefficient (Wildman–Crippen LogP) is 1.04. The smallest absolute Gasteiger partial charge is 0.271 e. The number of nitrogens with one attached hydrogen (secondary N) is 1. The molecule has 3 rings (SSSR count). The van der Waals surface area contributed by atoms with Crippen LogP contribution in [-0.2, 0) is 6.54 Å². The van der Waals surface area contributed by atoms with Gasteiger partial charge in [-0.3, -0.25) is 9.78 Å². The lowest BCUT2D eigenvalue weighted by Gasteiger charge is -2.13. The average molecular weight is 282 g/mol. The lowest BCUT2D eigenvalue weighted by atomic mass is 10.3. The Bertz CT molecular complexity index is 754. The molecular formula is C14H14N6O. The van der Waals surface area contributed by atoms with E-state index in [0.29, 0.717) is 12.2 Å². The second-order valence-corrected chi connectivity index (χ2v) is 4.73. The number of benzene rings is 1. The Hall–Kier alpha value is -2.83. The molecule has 1 atom stereocenters. The van der Waals surface area contributed by atoms with Crippen LogP contribution in [0.15, 0.2) is 42.9 Å². The van der Waals surface area contributed by atoms with Crippen molar-refractivity contribution in [3.8, 4) is 0 Å². The van der Waals surface area contributed by atoms with E-state index < -0.39 is 0 Å². The summed E-state index contributed by atoms with van der Waals surface area (Å²) in [4.78, 5) is 19.8. The van der Waals surface area contributed by atoms with Crippen molar-refractivity contribution in [2.75, 3.05) is 0 Å². The first-order valence-corrected chi connectivity index (χ1v) is 6.59. The normalized spacial score (nSPS) is 12.2. The summed E-state index contributed by atoms with van der Waals surface area (Å²) in [6, 6.07) is 7.60. The maximum absolute atomic E-state index is 12.0. The molecule has 7 heteroatoms. The van der Waals surface area contributed by atoms with E-state index in [-0.39, 0.29) is 11.9 Å². The van der Waals surface area contributed by atoms with E-state index >= 15 is 0 Å². The summed E-state index contributed by atoms with van der Waals surface area (Å²) < 4.78 is 1.77. The monoisotopic (exact) mass is 282 g/mol. The minimum atomic E-state index is -0.250. The van der Waals surface area contributed by atoms with Crippen LogP contribution >= 0.6 is 0 Å². The predicted molar refractivity (Wildman–Crippen MR) is 76.5 cm³/mol. The van der Waals surface area contributed by atoms with Crippen molar-refractivity contribution in [1.29, 1.82) is 0 Å². The van der Waals surface area contributed by atoms with Gasteiger partial charge in [0.2, 0.25) is 0 Å². The van der Waals surface area contributed by atoms with E-state index in [9.17, 15) is 4.79 Å². The van der Waals surface area contributed by atoms with E-state index in [2.05, 4.69) is 25.6 Å². The molecule has 106 valence electrons. The number of hydrogen-bond donors (Lipinski definition) is 1. The molecule has 0 fully saturated rings. The first kappa shape index (κ1) is 13.2. The maximum Gasteiger partial charge on any atom is 0.271 e. The molecule has 1 N–H and O–H groups in total. The lowest BCUT2D eigenvalue weighted by Crippen LogP contribution is -2.36. The van der Waals surface area contributed by atoms with Gasteiger partial charge in [0.25, 0.3) is 5.91 Å². The summed E-state index contributed by atoms with van der Waals surface area (Å²) in [5.41, 5.74) is 2.08. The molecule has 0 radical (unpaired) electrons. The number of carbonyl (C=O) groups is 1. The van der Waals surface area contributed by atoms with Crippen LogP contribution in [0.2, 0.25) is 0 Å². The van der Waals surface area contributed by atoms with Gasteiger partial charge in [0.05, 0.1) is 18.3 Å². The summed E-state index contributed by atoms with van der Waals surface area (Å²) in [5.74, 6) is -0.250. The highest BCUT2D eigenvalue weighted by Crippen LogP contribution is 2.10. The molecule has 2 aromatic heterocycles. The van der Waals surface area contributed by atoms with Crippen LogP contribution in [-0.4, -0.2) is 36.9 Å². The van der Waals surface area contributed by atoms with Crippen LogP contribution in [0, 0.1) is 0 Å². The van der Waals surface area contributed by atoms with E-state index in [1.165, 1.54) is 18.6 Å². The molecule has 1 aromatic carbocycles. The topological polar surface area (TPSA) is 85.6 Å². The number of carbonyl (C=O) groups excluding carboxylic acids is 1. The Morgan fingerprint density at radius 3 is 3.00 bits per heavy atom. The molecule has 0 saturated carbocycles. The zero-order valence-corrected chi connectivity index (χ0v) is 11.5. The molecule has 0 saturated heterocycles. The Morgan fingerprint density at radius 2 is 2.19 bits per heavy atom. The summed E-state index contributed by atoms with van der Waals surface area (Å²) in [6.07, 6.45) is 4.46. The fourth-order valence-corrected chi connectivity index (χ4v) is 2.07. The Labute approximate surface area is 121 Å². The van der Waals surface area contributed by atoms with Crippen molar-refractivity contribution in [3.05, 3.63) is 48.5 Å². The minimum absolute atomic E-state index is 0.107. The van der Waals surface area contributed by atoms with Crippen LogP contribution in [0.3, 0.4) is 0 Å². The first-order chi connectivity index (χ1) is 10.2. The van der Waals surface area contributed by atoms with E-state index in [4.69, 9.17) is 0 Å². The van der Waals surface area contributed by atoms with Gasteiger partial charge in [-0.1, -0.05) is 17.3 Å². The quantitative estimate of drug-likeness (QED) is 0.772. The van der Waals surface area contributed by atoms with Crippen molar-refractivity contribution in [2.45, 2.75) is 19.5 Å². The highest BCUT2D eigenvalue weighted by atomic mass is 16.1. The molecule has 21 heavy (non-hydrogen) atoms. The lowest BCUT2D eigenvalue weighted by molar-refractivity contribution is 0.0930. The molecule has 0 unspecified atom stereocenters. The second kappa shape index (κ2) is 5.66. The van der Waals surface area contributed by atoms with Crippen LogP contribution in [0.4, 0.5) is 0 Å². The van der Waals surface area contributed by atoms with Gasteiger partial charge in [0, 0.05) is 18.4 Å². The second-order valence-electron chi connectivity index (χ2n) is 4.73. The third-order valence-corrected chi connectivity index (χ3v) is 3.04. The van der Waals surface area contributed by atoms with Crippen molar-refractivity contribution in [3.63, 3.8) is 0 Å². The number of fused-ring (bicyclic) bond motifs is 1. The summed E-state index contributed by atoms with van der Waals surface area (Å²) >= 11 is 0. The van der Waals surface area contributed by atoms with Crippen molar-refractivity contribution < 1.29 is 4.79 Å². The molecule has 2 heterocycles. The Balaban J connectivity index is 1.69. The van der Waals surface area contributed by atoms with Gasteiger partial charge in [-0.2, -0.15) is 0 Å². The van der Waals surface area contributed by atoms with Crippen LogP contribution in [0.5, 0.6) is 0 Å². The van der Waals surface area contributed by atoms with Gasteiger partial charge in [-0.15, -0.1) is 5.10 Å². The SMILES string of the molecule is C[C@@H](Cn1nnc2ccccc21)NC(=O)c1cnccn1. The average Bonchev–Trinajstić information content (AvgIpc) is 2.91. The Kier molecular flexibility index (Phi) is 3.55. The third-order valence-electron chi connectivity index (χ3n) is 3.04. The van der Waals surface area contributed by atoms with Crippen LogP contribution in [0.1, 0.15) is 17.4 Å². The molecule has 0 aliphatic heterocycles. The van der Waals surface area contributed by atoms with Crippen molar-refractivity contribution in [2.24, 2.45) is 0 Å². The molecule has 3 aromatic rings. The molecule has 0 aliphatic rings. The number of nitrogens with zero attached hydrogens (tertiary/aromatic N) is 5. The fourth-order valence-electron chi connectivity index (χ4n) is 2.07. The summed E-state index contributed by atoms with van der Waals surface area (Å²) in [5, 5.41) is 11.1. The van der Waals surface area contributed by atoms with Gasteiger partial charge < -0.3 is 5.32 Å². The molecule has 0 aliphatic carbocycles. The number of hydrogen-bond acceptors (Lipinski definition) is 5. The molecule has 7 nitrogen and oxygen atoms in total. The zero-order chi connectivity index (χ0) is 14.7. The molecule has 1 amide bonds. The van der Waals surface area contributed by atoms with Gasteiger partial charge in [0.15, 0.2) is 0 Å². The van der Waals surface area contributed by atoms with Crippen LogP contribution < -0.4 is 5.32 Å². The number of para-hydroxylation sites is 1. The Morgan fingerprint density at radius 1 is 1.33 bits per heavy atom. The first-order valence-electron chi connectivity index (χ1n) is 6.59. The van der Waals surface area contributed by atoms with Gasteiger partial charge in [-0.25, -0.2) is 9.67 Å². The largest absolute Gasteiger partial charge is 0.346 e.